The molecule has 6 heteroatoms. The van der Waals surface area contributed by atoms with E-state index in [-0.39, 0.29) is 6.09 Å². The fourth-order valence-corrected chi connectivity index (χ4v) is 1.75. The molecule has 0 spiro atoms. The van der Waals surface area contributed by atoms with Crippen molar-refractivity contribution in [2.75, 3.05) is 0 Å². The fraction of sp³-hybridized carbons (Fsp3) is 0.583. The lowest BCUT2D eigenvalue weighted by atomic mass is 10.2. The lowest BCUT2D eigenvalue weighted by Crippen LogP contribution is -2.33. The highest BCUT2D eigenvalue weighted by molar-refractivity contribution is 5.69. The molecule has 0 saturated carbocycles. The number of ether oxygens (including phenoxy) is 1. The zero-order valence-corrected chi connectivity index (χ0v) is 10.9. The fourth-order valence-electron chi connectivity index (χ4n) is 1.75. The Bertz CT molecular complexity index is 468. The molecule has 18 heavy (non-hydrogen) atoms. The first-order chi connectivity index (χ1) is 8.39. The van der Waals surface area contributed by atoms with E-state index in [9.17, 15) is 4.79 Å². The summed E-state index contributed by atoms with van der Waals surface area (Å²) in [5, 5.41) is 0. The van der Waals surface area contributed by atoms with E-state index in [1.54, 1.807) is 11.1 Å². The topological polar surface area (TPSA) is 81.3 Å². The number of rotatable bonds is 1. The molecule has 0 atom stereocenters. The van der Waals surface area contributed by atoms with E-state index in [1.807, 2.05) is 20.8 Å². The number of amides is 1. The average molecular weight is 250 g/mol. The Morgan fingerprint density at radius 2 is 2.22 bits per heavy atom. The molecule has 0 aromatic carbocycles. The summed E-state index contributed by atoms with van der Waals surface area (Å²) in [4.78, 5) is 22.0. The third kappa shape index (κ3) is 2.76. The molecule has 1 aliphatic heterocycles. The molecule has 0 fully saturated rings. The number of carbonyl (C=O) groups is 1. The van der Waals surface area contributed by atoms with Gasteiger partial charge in [0.25, 0.3) is 0 Å². The largest absolute Gasteiger partial charge is 0.444 e. The van der Waals surface area contributed by atoms with Gasteiger partial charge in [-0.1, -0.05) is 0 Å². The van der Waals surface area contributed by atoms with Crippen LogP contribution in [0.5, 0.6) is 0 Å². The Morgan fingerprint density at radius 1 is 1.50 bits per heavy atom. The van der Waals surface area contributed by atoms with Gasteiger partial charge in [0.1, 0.15) is 11.4 Å². The minimum absolute atomic E-state index is 0.305. The van der Waals surface area contributed by atoms with Gasteiger partial charge in [0.05, 0.1) is 25.3 Å². The maximum Gasteiger partial charge on any atom is 0.410 e. The van der Waals surface area contributed by atoms with Crippen LogP contribution in [-0.2, 0) is 24.4 Å². The number of aromatic nitrogens is 2. The van der Waals surface area contributed by atoms with Gasteiger partial charge >= 0.3 is 6.09 Å². The molecule has 0 radical (unpaired) electrons. The summed E-state index contributed by atoms with van der Waals surface area (Å²) in [6.07, 6.45) is 1.41. The minimum Gasteiger partial charge on any atom is -0.444 e. The van der Waals surface area contributed by atoms with Crippen LogP contribution in [0.15, 0.2) is 6.20 Å². The van der Waals surface area contributed by atoms with Crippen LogP contribution in [0.3, 0.4) is 0 Å². The van der Waals surface area contributed by atoms with E-state index in [2.05, 4.69) is 9.97 Å². The van der Waals surface area contributed by atoms with E-state index in [1.165, 1.54) is 0 Å². The van der Waals surface area contributed by atoms with Crippen molar-refractivity contribution in [3.8, 4) is 0 Å². The highest BCUT2D eigenvalue weighted by Gasteiger charge is 2.28. The molecule has 1 aromatic rings. The maximum atomic E-state index is 11.9. The SMILES string of the molecule is CC(C)(C)OC(=O)N1Cc2cnc(CN)nc2C1. The summed E-state index contributed by atoms with van der Waals surface area (Å²) in [5.41, 5.74) is 6.82. The molecule has 1 aromatic heterocycles. The predicted molar refractivity (Wildman–Crippen MR) is 65.4 cm³/mol. The number of hydrogen-bond acceptors (Lipinski definition) is 5. The van der Waals surface area contributed by atoms with Crippen molar-refractivity contribution in [3.05, 3.63) is 23.3 Å². The third-order valence-corrected chi connectivity index (χ3v) is 2.54. The highest BCUT2D eigenvalue weighted by atomic mass is 16.6. The monoisotopic (exact) mass is 250 g/mol. The number of carbonyl (C=O) groups excluding carboxylic acids is 1. The Balaban J connectivity index is 2.08. The molecule has 2 rings (SSSR count). The van der Waals surface area contributed by atoms with Crippen LogP contribution in [0, 0.1) is 0 Å². The number of fused-ring (bicyclic) bond motifs is 1. The van der Waals surface area contributed by atoms with E-state index < -0.39 is 5.60 Å². The summed E-state index contributed by atoms with van der Waals surface area (Å²) in [5.74, 6) is 0.597. The maximum absolute atomic E-state index is 11.9. The van der Waals surface area contributed by atoms with Crippen molar-refractivity contribution in [3.63, 3.8) is 0 Å². The van der Waals surface area contributed by atoms with Crippen molar-refractivity contribution in [1.29, 1.82) is 0 Å². The molecule has 2 heterocycles. The van der Waals surface area contributed by atoms with E-state index in [0.717, 1.165) is 11.3 Å². The van der Waals surface area contributed by atoms with Crippen molar-refractivity contribution in [1.82, 2.24) is 14.9 Å². The standard InChI is InChI=1S/C12H18N4O2/c1-12(2,3)18-11(17)16-6-8-5-14-10(4-13)15-9(8)7-16/h5H,4,6-7,13H2,1-3H3. The second kappa shape index (κ2) is 4.53. The van der Waals surface area contributed by atoms with E-state index in [0.29, 0.717) is 25.5 Å². The summed E-state index contributed by atoms with van der Waals surface area (Å²) in [7, 11) is 0. The van der Waals surface area contributed by atoms with Gasteiger partial charge in [0, 0.05) is 11.8 Å². The van der Waals surface area contributed by atoms with E-state index >= 15 is 0 Å². The Kier molecular flexibility index (Phi) is 3.21. The normalized spacial score (nSPS) is 14.6. The molecular weight excluding hydrogens is 232 g/mol. The molecular formula is C12H18N4O2. The second-order valence-electron chi connectivity index (χ2n) is 5.30. The smallest absolute Gasteiger partial charge is 0.410 e. The lowest BCUT2D eigenvalue weighted by molar-refractivity contribution is 0.0240. The van der Waals surface area contributed by atoms with Crippen LogP contribution in [0.1, 0.15) is 37.9 Å². The molecule has 6 nitrogen and oxygen atoms in total. The highest BCUT2D eigenvalue weighted by Crippen LogP contribution is 2.22. The molecule has 0 saturated heterocycles. The molecule has 0 unspecified atom stereocenters. The quantitative estimate of drug-likeness (QED) is 0.809. The van der Waals surface area contributed by atoms with Crippen LogP contribution in [-0.4, -0.2) is 26.6 Å². The van der Waals surface area contributed by atoms with Crippen molar-refractivity contribution >= 4 is 6.09 Å². The van der Waals surface area contributed by atoms with Crippen molar-refractivity contribution in [2.24, 2.45) is 5.73 Å². The number of hydrogen-bond donors (Lipinski definition) is 1. The molecule has 2 N–H and O–H groups in total. The van der Waals surface area contributed by atoms with Crippen molar-refractivity contribution in [2.45, 2.75) is 46.0 Å². The summed E-state index contributed by atoms with van der Waals surface area (Å²) >= 11 is 0. The second-order valence-corrected chi connectivity index (χ2v) is 5.30. The Hall–Kier alpha value is -1.69. The number of nitrogens with two attached hydrogens (primary N) is 1. The first kappa shape index (κ1) is 12.8. The van der Waals surface area contributed by atoms with Crippen LogP contribution < -0.4 is 5.73 Å². The van der Waals surface area contributed by atoms with Crippen LogP contribution in [0.25, 0.3) is 0 Å². The van der Waals surface area contributed by atoms with Gasteiger partial charge in [0.15, 0.2) is 0 Å². The molecule has 1 aliphatic rings. The van der Waals surface area contributed by atoms with Gasteiger partial charge < -0.3 is 10.5 Å². The van der Waals surface area contributed by atoms with Crippen LogP contribution >= 0.6 is 0 Å². The van der Waals surface area contributed by atoms with Gasteiger partial charge in [-0.05, 0) is 20.8 Å². The zero-order valence-electron chi connectivity index (χ0n) is 10.9. The third-order valence-electron chi connectivity index (χ3n) is 2.54. The molecule has 98 valence electrons. The first-order valence-corrected chi connectivity index (χ1v) is 5.91. The minimum atomic E-state index is -0.486. The molecule has 0 bridgehead atoms. The van der Waals surface area contributed by atoms with Gasteiger partial charge in [0.2, 0.25) is 0 Å². The Labute approximate surface area is 106 Å². The summed E-state index contributed by atoms with van der Waals surface area (Å²) in [6, 6.07) is 0. The van der Waals surface area contributed by atoms with Gasteiger partial charge in [-0.15, -0.1) is 0 Å². The van der Waals surface area contributed by atoms with Crippen LogP contribution in [0.2, 0.25) is 0 Å². The Morgan fingerprint density at radius 3 is 2.83 bits per heavy atom. The van der Waals surface area contributed by atoms with E-state index in [4.69, 9.17) is 10.5 Å². The summed E-state index contributed by atoms with van der Waals surface area (Å²) < 4.78 is 5.32. The lowest BCUT2D eigenvalue weighted by Gasteiger charge is -2.23. The molecule has 0 aliphatic carbocycles. The predicted octanol–water partition coefficient (Wildman–Crippen LogP) is 1.19. The van der Waals surface area contributed by atoms with Gasteiger partial charge in [-0.25, -0.2) is 14.8 Å². The van der Waals surface area contributed by atoms with Crippen molar-refractivity contribution < 1.29 is 9.53 Å². The first-order valence-electron chi connectivity index (χ1n) is 5.91. The van der Waals surface area contributed by atoms with Gasteiger partial charge in [-0.2, -0.15) is 0 Å². The van der Waals surface area contributed by atoms with Gasteiger partial charge in [-0.3, -0.25) is 4.90 Å². The average Bonchev–Trinajstić information content (AvgIpc) is 2.69. The number of nitrogens with zero attached hydrogens (tertiary/aromatic N) is 3. The zero-order chi connectivity index (χ0) is 13.3. The van der Waals surface area contributed by atoms with Crippen LogP contribution in [0.4, 0.5) is 4.79 Å². The summed E-state index contributed by atoms with van der Waals surface area (Å²) in [6.45, 7) is 6.80. The molecule has 1 amide bonds.